The number of hydrogen-bond donors (Lipinski definition) is 1. The molecule has 0 spiro atoms. The van der Waals surface area contributed by atoms with Crippen molar-refractivity contribution in [2.75, 3.05) is 6.54 Å². The second-order valence-corrected chi connectivity index (χ2v) is 4.85. The van der Waals surface area contributed by atoms with Crippen LogP contribution in [0.4, 0.5) is 0 Å². The van der Waals surface area contributed by atoms with Crippen LogP contribution in [0, 0.1) is 0 Å². The molecule has 1 aliphatic rings. The Kier molecular flexibility index (Phi) is 2.83. The first-order valence-corrected chi connectivity index (χ1v) is 5.90. The Hall–Kier alpha value is -0.830. The summed E-state index contributed by atoms with van der Waals surface area (Å²) in [5, 5.41) is 4.63. The number of fused-ring (bicyclic) bond motifs is 1. The molecular formula is C12H21N3. The van der Waals surface area contributed by atoms with E-state index >= 15 is 0 Å². The van der Waals surface area contributed by atoms with Crippen molar-refractivity contribution in [3.8, 4) is 0 Å². The van der Waals surface area contributed by atoms with E-state index in [2.05, 4.69) is 30.7 Å². The zero-order valence-electron chi connectivity index (χ0n) is 9.95. The fraction of sp³-hybridized carbons (Fsp3) is 0.750. The van der Waals surface area contributed by atoms with E-state index in [1.165, 1.54) is 29.8 Å². The summed E-state index contributed by atoms with van der Waals surface area (Å²) < 4.78 is 2.06. The van der Waals surface area contributed by atoms with Gasteiger partial charge in [0.25, 0.3) is 0 Å². The summed E-state index contributed by atoms with van der Waals surface area (Å²) in [6, 6.07) is 0. The van der Waals surface area contributed by atoms with E-state index in [0.717, 1.165) is 13.0 Å². The van der Waals surface area contributed by atoms with Crippen molar-refractivity contribution in [3.63, 3.8) is 0 Å². The maximum absolute atomic E-state index is 5.86. The van der Waals surface area contributed by atoms with E-state index < -0.39 is 0 Å². The average Bonchev–Trinajstić information content (AvgIpc) is 2.53. The summed E-state index contributed by atoms with van der Waals surface area (Å²) in [4.78, 5) is 0. The molecule has 1 unspecified atom stereocenters. The lowest BCUT2D eigenvalue weighted by Crippen LogP contribution is -2.19. The third-order valence-electron chi connectivity index (χ3n) is 3.41. The molecule has 3 nitrogen and oxygen atoms in total. The monoisotopic (exact) mass is 207 g/mol. The quantitative estimate of drug-likeness (QED) is 0.805. The van der Waals surface area contributed by atoms with Gasteiger partial charge >= 0.3 is 0 Å². The standard InChI is InChI=1S/C12H21N3/c1-8(2)12-11-9(7-13)5-4-6-10(11)14-15(12)3/h8-9H,4-7,13H2,1-3H3. The third kappa shape index (κ3) is 1.69. The van der Waals surface area contributed by atoms with Crippen LogP contribution in [0.25, 0.3) is 0 Å². The Balaban J connectivity index is 2.51. The van der Waals surface area contributed by atoms with E-state index in [9.17, 15) is 0 Å². The smallest absolute Gasteiger partial charge is 0.0662 e. The molecule has 2 rings (SSSR count). The zero-order chi connectivity index (χ0) is 11.0. The predicted molar refractivity (Wildman–Crippen MR) is 62.0 cm³/mol. The van der Waals surface area contributed by atoms with Crippen LogP contribution in [0.1, 0.15) is 55.5 Å². The van der Waals surface area contributed by atoms with Crippen LogP contribution < -0.4 is 5.73 Å². The van der Waals surface area contributed by atoms with Crippen molar-refractivity contribution >= 4 is 0 Å². The van der Waals surface area contributed by atoms with Gasteiger partial charge in [-0.05, 0) is 37.6 Å². The summed E-state index contributed by atoms with van der Waals surface area (Å²) in [5.41, 5.74) is 10.0. The predicted octanol–water partition coefficient (Wildman–Crippen LogP) is 1.92. The SMILES string of the molecule is CC(C)c1c2c(nn1C)CCCC2CN. The molecule has 0 radical (unpaired) electrons. The maximum Gasteiger partial charge on any atom is 0.0662 e. The third-order valence-corrected chi connectivity index (χ3v) is 3.41. The Morgan fingerprint density at radius 3 is 2.87 bits per heavy atom. The highest BCUT2D eigenvalue weighted by Gasteiger charge is 2.27. The Labute approximate surface area is 91.7 Å². The normalized spacial score (nSPS) is 20.7. The number of hydrogen-bond acceptors (Lipinski definition) is 2. The first kappa shape index (κ1) is 10.7. The number of rotatable bonds is 2. The molecule has 2 N–H and O–H groups in total. The molecule has 1 aliphatic carbocycles. The molecule has 1 aromatic rings. The van der Waals surface area contributed by atoms with E-state index in [0.29, 0.717) is 11.8 Å². The van der Waals surface area contributed by atoms with Gasteiger partial charge < -0.3 is 5.73 Å². The Morgan fingerprint density at radius 1 is 1.53 bits per heavy atom. The highest BCUT2D eigenvalue weighted by atomic mass is 15.3. The first-order valence-electron chi connectivity index (χ1n) is 5.90. The lowest BCUT2D eigenvalue weighted by molar-refractivity contribution is 0.551. The number of aryl methyl sites for hydroxylation is 2. The maximum atomic E-state index is 5.86. The van der Waals surface area contributed by atoms with Crippen molar-refractivity contribution in [3.05, 3.63) is 17.0 Å². The molecule has 84 valence electrons. The van der Waals surface area contributed by atoms with Crippen molar-refractivity contribution in [2.45, 2.75) is 44.9 Å². The van der Waals surface area contributed by atoms with E-state index in [-0.39, 0.29) is 0 Å². The Morgan fingerprint density at radius 2 is 2.27 bits per heavy atom. The molecule has 0 aliphatic heterocycles. The highest BCUT2D eigenvalue weighted by Crippen LogP contribution is 2.35. The molecule has 0 amide bonds. The number of nitrogens with two attached hydrogens (primary N) is 1. The van der Waals surface area contributed by atoms with Crippen LogP contribution in [0.5, 0.6) is 0 Å². The summed E-state index contributed by atoms with van der Waals surface area (Å²) in [5.74, 6) is 1.08. The lowest BCUT2D eigenvalue weighted by atomic mass is 9.83. The van der Waals surface area contributed by atoms with Crippen LogP contribution in [0.2, 0.25) is 0 Å². The van der Waals surface area contributed by atoms with Gasteiger partial charge in [0.15, 0.2) is 0 Å². The molecule has 15 heavy (non-hydrogen) atoms. The van der Waals surface area contributed by atoms with Crippen LogP contribution >= 0.6 is 0 Å². The molecule has 0 aromatic carbocycles. The van der Waals surface area contributed by atoms with Gasteiger partial charge in [-0.15, -0.1) is 0 Å². The molecule has 1 aromatic heterocycles. The molecule has 0 saturated carbocycles. The number of aromatic nitrogens is 2. The molecule has 3 heteroatoms. The summed E-state index contributed by atoms with van der Waals surface area (Å²) >= 11 is 0. The van der Waals surface area contributed by atoms with Crippen LogP contribution in [-0.4, -0.2) is 16.3 Å². The zero-order valence-corrected chi connectivity index (χ0v) is 9.95. The second kappa shape index (κ2) is 3.97. The first-order chi connectivity index (χ1) is 7.15. The molecule has 1 atom stereocenters. The highest BCUT2D eigenvalue weighted by molar-refractivity contribution is 5.34. The van der Waals surface area contributed by atoms with Gasteiger partial charge in [0, 0.05) is 18.3 Å². The van der Waals surface area contributed by atoms with Gasteiger partial charge in [-0.25, -0.2) is 0 Å². The molecule has 0 fully saturated rings. The lowest BCUT2D eigenvalue weighted by Gasteiger charge is -2.22. The fourth-order valence-corrected chi connectivity index (χ4v) is 2.82. The van der Waals surface area contributed by atoms with Gasteiger partial charge in [0.2, 0.25) is 0 Å². The van der Waals surface area contributed by atoms with Gasteiger partial charge in [0.05, 0.1) is 5.69 Å². The summed E-state index contributed by atoms with van der Waals surface area (Å²) in [6.07, 6.45) is 3.60. The van der Waals surface area contributed by atoms with Gasteiger partial charge in [-0.3, -0.25) is 4.68 Å². The van der Waals surface area contributed by atoms with E-state index in [4.69, 9.17) is 5.73 Å². The molecule has 1 heterocycles. The van der Waals surface area contributed by atoms with Crippen molar-refractivity contribution in [1.82, 2.24) is 9.78 Å². The average molecular weight is 207 g/mol. The molecular weight excluding hydrogens is 186 g/mol. The van der Waals surface area contributed by atoms with E-state index in [1.807, 2.05) is 0 Å². The van der Waals surface area contributed by atoms with E-state index in [1.54, 1.807) is 0 Å². The Bertz CT molecular complexity index is 352. The fourth-order valence-electron chi connectivity index (χ4n) is 2.82. The largest absolute Gasteiger partial charge is 0.330 e. The topological polar surface area (TPSA) is 43.8 Å². The molecule has 0 bridgehead atoms. The van der Waals surface area contributed by atoms with Gasteiger partial charge in [-0.1, -0.05) is 13.8 Å². The van der Waals surface area contributed by atoms with Gasteiger partial charge in [0.1, 0.15) is 0 Å². The second-order valence-electron chi connectivity index (χ2n) is 4.85. The summed E-state index contributed by atoms with van der Waals surface area (Å²) in [7, 11) is 2.06. The minimum Gasteiger partial charge on any atom is -0.330 e. The van der Waals surface area contributed by atoms with Crippen molar-refractivity contribution in [1.29, 1.82) is 0 Å². The molecule has 0 saturated heterocycles. The van der Waals surface area contributed by atoms with Gasteiger partial charge in [-0.2, -0.15) is 5.10 Å². The number of nitrogens with zero attached hydrogens (tertiary/aromatic N) is 2. The van der Waals surface area contributed by atoms with Crippen LogP contribution in [0.15, 0.2) is 0 Å². The van der Waals surface area contributed by atoms with Crippen LogP contribution in [-0.2, 0) is 13.5 Å². The minimum absolute atomic E-state index is 0.540. The van der Waals surface area contributed by atoms with Crippen molar-refractivity contribution in [2.24, 2.45) is 12.8 Å². The minimum atomic E-state index is 0.540. The van der Waals surface area contributed by atoms with Crippen molar-refractivity contribution < 1.29 is 0 Å². The van der Waals surface area contributed by atoms with Crippen LogP contribution in [0.3, 0.4) is 0 Å². The summed E-state index contributed by atoms with van der Waals surface area (Å²) in [6.45, 7) is 5.23.